The van der Waals surface area contributed by atoms with Crippen LogP contribution in [0.4, 0.5) is 0 Å². The van der Waals surface area contributed by atoms with Crippen LogP contribution in [0.2, 0.25) is 0 Å². The van der Waals surface area contributed by atoms with Gasteiger partial charge in [-0.25, -0.2) is 4.79 Å². The second-order valence-corrected chi connectivity index (χ2v) is 4.91. The first kappa shape index (κ1) is 13.7. The predicted molar refractivity (Wildman–Crippen MR) is 68.9 cm³/mol. The maximum atomic E-state index is 11.4. The molecule has 0 aliphatic carbocycles. The summed E-state index contributed by atoms with van der Waals surface area (Å²) in [6, 6.07) is 9.30. The van der Waals surface area contributed by atoms with Crippen LogP contribution in [0.1, 0.15) is 32.8 Å². The van der Waals surface area contributed by atoms with Crippen molar-refractivity contribution in [2.45, 2.75) is 32.7 Å². The van der Waals surface area contributed by atoms with Gasteiger partial charge in [-0.3, -0.25) is 5.32 Å². The van der Waals surface area contributed by atoms with Gasteiger partial charge in [-0.2, -0.15) is 0 Å². The summed E-state index contributed by atoms with van der Waals surface area (Å²) in [6.07, 6.45) is 0.968. The lowest BCUT2D eigenvalue weighted by atomic mass is 9.92. The van der Waals surface area contributed by atoms with Crippen molar-refractivity contribution in [3.05, 3.63) is 35.9 Å². The Morgan fingerprint density at radius 2 is 1.94 bits per heavy atom. The molecule has 0 saturated carbocycles. The molecule has 0 fully saturated rings. The van der Waals surface area contributed by atoms with E-state index in [9.17, 15) is 9.90 Å². The Balaban J connectivity index is 2.80. The molecule has 1 aromatic carbocycles. The summed E-state index contributed by atoms with van der Waals surface area (Å²) >= 11 is 0. The summed E-state index contributed by atoms with van der Waals surface area (Å²) < 4.78 is 0. The molecule has 0 bridgehead atoms. The minimum Gasteiger partial charge on any atom is -0.480 e. The van der Waals surface area contributed by atoms with Gasteiger partial charge in [-0.1, -0.05) is 44.2 Å². The number of aliphatic carboxylic acids is 1. The van der Waals surface area contributed by atoms with Crippen molar-refractivity contribution in [1.29, 1.82) is 0 Å². The maximum Gasteiger partial charge on any atom is 0.328 e. The fourth-order valence-electron chi connectivity index (χ4n) is 1.68. The summed E-state index contributed by atoms with van der Waals surface area (Å²) in [4.78, 5) is 11.4. The Kier molecular flexibility index (Phi) is 4.70. The molecule has 0 radical (unpaired) electrons. The Hall–Kier alpha value is -1.35. The van der Waals surface area contributed by atoms with Gasteiger partial charge in [0.25, 0.3) is 0 Å². The highest BCUT2D eigenvalue weighted by Gasteiger charge is 2.34. The molecule has 1 rings (SSSR count). The van der Waals surface area contributed by atoms with Crippen molar-refractivity contribution < 1.29 is 9.90 Å². The number of rotatable bonds is 6. The second-order valence-electron chi connectivity index (χ2n) is 4.91. The molecule has 0 spiro atoms. The first-order valence-corrected chi connectivity index (χ1v) is 6.00. The van der Waals surface area contributed by atoms with E-state index in [1.165, 1.54) is 0 Å². The lowest BCUT2D eigenvalue weighted by Gasteiger charge is -2.27. The third-order valence-corrected chi connectivity index (χ3v) is 2.98. The van der Waals surface area contributed by atoms with Crippen LogP contribution in [0.5, 0.6) is 0 Å². The van der Waals surface area contributed by atoms with Crippen LogP contribution in [0.3, 0.4) is 0 Å². The Bertz CT molecular complexity index is 362. The monoisotopic (exact) mass is 235 g/mol. The number of carboxylic acid groups (broad SMARTS) is 1. The molecule has 2 N–H and O–H groups in total. The minimum atomic E-state index is -1.00. The summed E-state index contributed by atoms with van der Waals surface area (Å²) in [7, 11) is 0. The number of benzene rings is 1. The molecule has 0 amide bonds. The molecule has 1 unspecified atom stereocenters. The first-order valence-electron chi connectivity index (χ1n) is 6.00. The zero-order chi connectivity index (χ0) is 12.9. The van der Waals surface area contributed by atoms with E-state index in [1.54, 1.807) is 6.92 Å². The highest BCUT2D eigenvalue weighted by molar-refractivity contribution is 5.80. The molecule has 3 nitrogen and oxygen atoms in total. The van der Waals surface area contributed by atoms with Gasteiger partial charge in [0.05, 0.1) is 0 Å². The van der Waals surface area contributed by atoms with Crippen LogP contribution < -0.4 is 5.32 Å². The van der Waals surface area contributed by atoms with E-state index in [1.807, 2.05) is 30.3 Å². The normalized spacial score (nSPS) is 14.6. The van der Waals surface area contributed by atoms with Crippen LogP contribution in [0.25, 0.3) is 0 Å². The predicted octanol–water partition coefficient (Wildman–Crippen LogP) is 2.62. The van der Waals surface area contributed by atoms with Crippen LogP contribution in [-0.4, -0.2) is 17.6 Å². The number of carbonyl (C=O) groups is 1. The van der Waals surface area contributed by atoms with Gasteiger partial charge < -0.3 is 5.11 Å². The molecule has 1 atom stereocenters. The average molecular weight is 235 g/mol. The molecule has 3 heteroatoms. The molecule has 0 aromatic heterocycles. The molecule has 0 aliphatic rings. The zero-order valence-electron chi connectivity index (χ0n) is 10.7. The highest BCUT2D eigenvalue weighted by Crippen LogP contribution is 2.21. The Morgan fingerprint density at radius 1 is 1.35 bits per heavy atom. The molecule has 1 aromatic rings. The van der Waals surface area contributed by atoms with E-state index in [0.717, 1.165) is 12.0 Å². The fraction of sp³-hybridized carbons (Fsp3) is 0.500. The molecule has 17 heavy (non-hydrogen) atoms. The van der Waals surface area contributed by atoms with Crippen LogP contribution in [0, 0.1) is 5.92 Å². The third kappa shape index (κ3) is 3.56. The first-order chi connectivity index (χ1) is 7.97. The van der Waals surface area contributed by atoms with Gasteiger partial charge >= 0.3 is 5.97 Å². The van der Waals surface area contributed by atoms with Gasteiger partial charge in [0.2, 0.25) is 0 Å². The molecule has 94 valence electrons. The molecule has 0 aliphatic heterocycles. The van der Waals surface area contributed by atoms with Gasteiger partial charge in [0.15, 0.2) is 0 Å². The summed E-state index contributed by atoms with van der Waals surface area (Å²) in [5.74, 6) is -0.274. The number of hydrogen-bond acceptors (Lipinski definition) is 2. The largest absolute Gasteiger partial charge is 0.480 e. The van der Waals surface area contributed by atoms with Crippen LogP contribution >= 0.6 is 0 Å². The summed E-state index contributed by atoms with van der Waals surface area (Å²) in [5, 5.41) is 12.5. The van der Waals surface area contributed by atoms with Gasteiger partial charge in [0, 0.05) is 0 Å². The van der Waals surface area contributed by atoms with E-state index in [2.05, 4.69) is 19.2 Å². The number of carboxylic acids is 1. The maximum absolute atomic E-state index is 11.4. The number of hydrogen-bond donors (Lipinski definition) is 2. The van der Waals surface area contributed by atoms with Crippen molar-refractivity contribution in [1.82, 2.24) is 5.32 Å². The third-order valence-electron chi connectivity index (χ3n) is 2.98. The molecule has 0 heterocycles. The van der Waals surface area contributed by atoms with Crippen LogP contribution in [-0.2, 0) is 10.3 Å². The fourth-order valence-corrected chi connectivity index (χ4v) is 1.68. The lowest BCUT2D eigenvalue weighted by Crippen LogP contribution is -2.47. The van der Waals surface area contributed by atoms with Crippen LogP contribution in [0.15, 0.2) is 30.3 Å². The Morgan fingerprint density at radius 3 is 2.41 bits per heavy atom. The van der Waals surface area contributed by atoms with Gasteiger partial charge in [0.1, 0.15) is 5.54 Å². The SMILES string of the molecule is CC(C)CCNC(C)(C(=O)O)c1ccccc1. The van der Waals surface area contributed by atoms with Gasteiger partial charge in [-0.15, -0.1) is 0 Å². The van der Waals surface area contributed by atoms with E-state index in [0.29, 0.717) is 12.5 Å². The summed E-state index contributed by atoms with van der Waals surface area (Å²) in [5.41, 5.74) is -0.216. The average Bonchev–Trinajstić information content (AvgIpc) is 2.29. The second kappa shape index (κ2) is 5.82. The van der Waals surface area contributed by atoms with Crippen molar-refractivity contribution in [2.75, 3.05) is 6.54 Å². The number of nitrogens with one attached hydrogen (secondary N) is 1. The molecular formula is C14H21NO2. The summed E-state index contributed by atoms with van der Waals surface area (Å²) in [6.45, 7) is 6.67. The van der Waals surface area contributed by atoms with Crippen molar-refractivity contribution in [3.8, 4) is 0 Å². The highest BCUT2D eigenvalue weighted by atomic mass is 16.4. The lowest BCUT2D eigenvalue weighted by molar-refractivity contribution is -0.144. The van der Waals surface area contributed by atoms with Crippen molar-refractivity contribution in [3.63, 3.8) is 0 Å². The van der Waals surface area contributed by atoms with Crippen molar-refractivity contribution in [2.24, 2.45) is 5.92 Å². The van der Waals surface area contributed by atoms with E-state index >= 15 is 0 Å². The minimum absolute atomic E-state index is 0.566. The van der Waals surface area contributed by atoms with Crippen molar-refractivity contribution >= 4 is 5.97 Å². The van der Waals surface area contributed by atoms with E-state index < -0.39 is 11.5 Å². The van der Waals surface area contributed by atoms with Gasteiger partial charge in [-0.05, 0) is 31.4 Å². The van der Waals surface area contributed by atoms with E-state index in [4.69, 9.17) is 0 Å². The van der Waals surface area contributed by atoms with E-state index in [-0.39, 0.29) is 0 Å². The zero-order valence-corrected chi connectivity index (χ0v) is 10.7. The Labute approximate surface area is 103 Å². The molecular weight excluding hydrogens is 214 g/mol. The smallest absolute Gasteiger partial charge is 0.328 e. The molecule has 0 saturated heterocycles. The quantitative estimate of drug-likeness (QED) is 0.797. The topological polar surface area (TPSA) is 49.3 Å². The standard InChI is InChI=1S/C14H21NO2/c1-11(2)9-10-15-14(3,13(16)17)12-7-5-4-6-8-12/h4-8,11,15H,9-10H2,1-3H3,(H,16,17).